The van der Waals surface area contributed by atoms with Crippen LogP contribution in [0, 0.1) is 11.6 Å². The minimum absolute atomic E-state index is 0.205. The molecule has 0 spiro atoms. The van der Waals surface area contributed by atoms with E-state index in [1.54, 1.807) is 6.07 Å². The molecule has 0 saturated heterocycles. The van der Waals surface area contributed by atoms with E-state index in [4.69, 9.17) is 4.74 Å². The minimum Gasteiger partial charge on any atom is -0.496 e. The fourth-order valence-corrected chi connectivity index (χ4v) is 3.38. The lowest BCUT2D eigenvalue weighted by molar-refractivity contribution is -0.119. The summed E-state index contributed by atoms with van der Waals surface area (Å²) in [5.74, 6) is -2.15. The Morgan fingerprint density at radius 3 is 2.33 bits per heavy atom. The zero-order valence-corrected chi connectivity index (χ0v) is 15.7. The van der Waals surface area contributed by atoms with Gasteiger partial charge in [-0.1, -0.05) is 24.3 Å². The maximum atomic E-state index is 13.9. The van der Waals surface area contributed by atoms with E-state index in [9.17, 15) is 22.0 Å². The van der Waals surface area contributed by atoms with E-state index >= 15 is 0 Å². The number of nitrogens with one attached hydrogen (secondary N) is 1. The molecule has 0 aromatic heterocycles. The summed E-state index contributed by atoms with van der Waals surface area (Å²) in [4.78, 5) is 12.1. The molecule has 0 bridgehead atoms. The lowest BCUT2D eigenvalue weighted by Crippen LogP contribution is -2.41. The fourth-order valence-electron chi connectivity index (χ4n) is 2.52. The van der Waals surface area contributed by atoms with Crippen molar-refractivity contribution in [1.82, 2.24) is 5.32 Å². The van der Waals surface area contributed by atoms with Gasteiger partial charge in [0.05, 0.1) is 13.4 Å². The Labute approximate surface area is 156 Å². The molecule has 1 amide bonds. The molecule has 27 heavy (non-hydrogen) atoms. The van der Waals surface area contributed by atoms with Crippen molar-refractivity contribution in [3.8, 4) is 5.75 Å². The Balaban J connectivity index is 2.07. The number of para-hydroxylation sites is 2. The molecule has 2 aromatic rings. The molecule has 2 rings (SSSR count). The first-order valence-electron chi connectivity index (χ1n) is 8.04. The van der Waals surface area contributed by atoms with Gasteiger partial charge < -0.3 is 10.1 Å². The number of anilines is 1. The first-order chi connectivity index (χ1) is 12.7. The number of ether oxygens (including phenoxy) is 1. The van der Waals surface area contributed by atoms with Crippen LogP contribution in [0.4, 0.5) is 14.5 Å². The van der Waals surface area contributed by atoms with Gasteiger partial charge in [0.1, 0.15) is 18.0 Å². The van der Waals surface area contributed by atoms with Crippen LogP contribution in [0.5, 0.6) is 5.75 Å². The molecule has 0 aliphatic rings. The van der Waals surface area contributed by atoms with E-state index in [1.165, 1.54) is 7.11 Å². The molecule has 0 fully saturated rings. The van der Waals surface area contributed by atoms with E-state index in [0.717, 1.165) is 30.0 Å². The standard InChI is InChI=1S/C18H20F2N2O4S/c1-26-16-9-4-3-6-13(16)10-11-21-17(23)12-22(27(2,24)25)18-14(19)7-5-8-15(18)20/h3-9H,10-12H2,1-2H3,(H,21,23). The number of amides is 1. The average Bonchev–Trinajstić information content (AvgIpc) is 2.60. The summed E-state index contributed by atoms with van der Waals surface area (Å²) in [6.45, 7) is -0.529. The Hall–Kier alpha value is -2.68. The zero-order chi connectivity index (χ0) is 20.0. The Bertz CT molecular complexity index is 899. The molecule has 0 aliphatic heterocycles. The van der Waals surface area contributed by atoms with E-state index in [1.807, 2.05) is 18.2 Å². The molecule has 0 saturated carbocycles. The summed E-state index contributed by atoms with van der Waals surface area (Å²) in [5.41, 5.74) is 0.0836. The highest BCUT2D eigenvalue weighted by molar-refractivity contribution is 7.92. The summed E-state index contributed by atoms with van der Waals surface area (Å²) in [6, 6.07) is 10.2. The Kier molecular flexibility index (Phi) is 6.73. The molecule has 0 aliphatic carbocycles. The highest BCUT2D eigenvalue weighted by atomic mass is 32.2. The molecule has 146 valence electrons. The topological polar surface area (TPSA) is 75.7 Å². The lowest BCUT2D eigenvalue weighted by Gasteiger charge is -2.22. The Morgan fingerprint density at radius 1 is 1.11 bits per heavy atom. The van der Waals surface area contributed by atoms with E-state index in [2.05, 4.69) is 5.32 Å². The van der Waals surface area contributed by atoms with E-state index in [-0.39, 0.29) is 6.54 Å². The van der Waals surface area contributed by atoms with E-state index in [0.29, 0.717) is 16.5 Å². The average molecular weight is 398 g/mol. The van der Waals surface area contributed by atoms with Gasteiger partial charge in [0.25, 0.3) is 0 Å². The third-order valence-corrected chi connectivity index (χ3v) is 4.90. The summed E-state index contributed by atoms with van der Waals surface area (Å²) >= 11 is 0. The maximum absolute atomic E-state index is 13.9. The van der Waals surface area contributed by atoms with Crippen molar-refractivity contribution in [2.75, 3.05) is 30.8 Å². The monoisotopic (exact) mass is 398 g/mol. The highest BCUT2D eigenvalue weighted by Gasteiger charge is 2.26. The van der Waals surface area contributed by atoms with Crippen LogP contribution in [0.3, 0.4) is 0 Å². The predicted octanol–water partition coefficient (Wildman–Crippen LogP) is 2.10. The Morgan fingerprint density at radius 2 is 1.74 bits per heavy atom. The van der Waals surface area contributed by atoms with Crippen LogP contribution < -0.4 is 14.4 Å². The second kappa shape index (κ2) is 8.81. The number of rotatable bonds is 8. The number of carbonyl (C=O) groups is 1. The molecular weight excluding hydrogens is 378 g/mol. The minimum atomic E-state index is -4.07. The van der Waals surface area contributed by atoms with Crippen molar-refractivity contribution in [1.29, 1.82) is 0 Å². The first kappa shape index (κ1) is 20.6. The van der Waals surface area contributed by atoms with Crippen LogP contribution in [0.25, 0.3) is 0 Å². The third-order valence-electron chi connectivity index (χ3n) is 3.78. The SMILES string of the molecule is COc1ccccc1CCNC(=O)CN(c1c(F)cccc1F)S(C)(=O)=O. The van der Waals surface area contributed by atoms with Gasteiger partial charge in [-0.3, -0.25) is 9.10 Å². The van der Waals surface area contributed by atoms with E-state index < -0.39 is 39.8 Å². The van der Waals surface area contributed by atoms with Gasteiger partial charge in [-0.25, -0.2) is 17.2 Å². The van der Waals surface area contributed by atoms with Gasteiger partial charge >= 0.3 is 0 Å². The van der Waals surface area contributed by atoms with Gasteiger partial charge in [-0.15, -0.1) is 0 Å². The zero-order valence-electron chi connectivity index (χ0n) is 14.9. The number of sulfonamides is 1. The van der Waals surface area contributed by atoms with Crippen LogP contribution in [0.15, 0.2) is 42.5 Å². The quantitative estimate of drug-likeness (QED) is 0.739. The number of benzene rings is 2. The number of carbonyl (C=O) groups excluding carboxylic acids is 1. The van der Waals surface area contributed by atoms with Gasteiger partial charge in [-0.2, -0.15) is 0 Å². The largest absolute Gasteiger partial charge is 0.496 e. The number of hydrogen-bond donors (Lipinski definition) is 1. The number of nitrogens with zero attached hydrogens (tertiary/aromatic N) is 1. The van der Waals surface area contributed by atoms with Gasteiger partial charge in [-0.05, 0) is 30.2 Å². The normalized spacial score (nSPS) is 11.1. The van der Waals surface area contributed by atoms with Crippen LogP contribution in [0.1, 0.15) is 5.56 Å². The highest BCUT2D eigenvalue weighted by Crippen LogP contribution is 2.25. The summed E-state index contributed by atoms with van der Waals surface area (Å²) in [6.07, 6.45) is 1.23. The second-order valence-electron chi connectivity index (χ2n) is 5.75. The van der Waals surface area contributed by atoms with Gasteiger partial charge in [0.15, 0.2) is 11.6 Å². The fraction of sp³-hybridized carbons (Fsp3) is 0.278. The predicted molar refractivity (Wildman–Crippen MR) is 98.3 cm³/mol. The molecule has 1 N–H and O–H groups in total. The third kappa shape index (κ3) is 5.40. The second-order valence-corrected chi connectivity index (χ2v) is 7.66. The van der Waals surface area contributed by atoms with Gasteiger partial charge in [0, 0.05) is 6.54 Å². The van der Waals surface area contributed by atoms with Crippen molar-refractivity contribution < 1.29 is 26.7 Å². The molecule has 0 radical (unpaired) electrons. The molecule has 0 heterocycles. The number of halogens is 2. The van der Waals surface area contributed by atoms with Crippen LogP contribution in [-0.4, -0.2) is 40.8 Å². The van der Waals surface area contributed by atoms with Crippen LogP contribution in [0.2, 0.25) is 0 Å². The number of hydrogen-bond acceptors (Lipinski definition) is 4. The van der Waals surface area contributed by atoms with Crippen LogP contribution >= 0.6 is 0 Å². The van der Waals surface area contributed by atoms with Crippen molar-refractivity contribution in [2.45, 2.75) is 6.42 Å². The molecule has 2 aromatic carbocycles. The van der Waals surface area contributed by atoms with Crippen LogP contribution in [-0.2, 0) is 21.2 Å². The van der Waals surface area contributed by atoms with Gasteiger partial charge in [0.2, 0.25) is 15.9 Å². The summed E-state index contributed by atoms with van der Waals surface area (Å²) < 4.78 is 57.4. The van der Waals surface area contributed by atoms with Crippen molar-refractivity contribution >= 4 is 21.6 Å². The van der Waals surface area contributed by atoms with Crippen molar-refractivity contribution in [3.63, 3.8) is 0 Å². The molecule has 0 unspecified atom stereocenters. The molecule has 9 heteroatoms. The summed E-state index contributed by atoms with van der Waals surface area (Å²) in [5, 5.41) is 2.55. The smallest absolute Gasteiger partial charge is 0.240 e. The van der Waals surface area contributed by atoms with Crippen molar-refractivity contribution in [3.05, 3.63) is 59.7 Å². The van der Waals surface area contributed by atoms with Crippen molar-refractivity contribution in [2.24, 2.45) is 0 Å². The first-order valence-corrected chi connectivity index (χ1v) is 9.89. The molecule has 6 nitrogen and oxygen atoms in total. The summed E-state index contributed by atoms with van der Waals surface area (Å²) in [7, 11) is -2.54. The molecule has 0 atom stereocenters. The number of methoxy groups -OCH3 is 1. The molecular formula is C18H20F2N2O4S. The maximum Gasteiger partial charge on any atom is 0.240 e. The lowest BCUT2D eigenvalue weighted by atomic mass is 10.1.